The highest BCUT2D eigenvalue weighted by atomic mass is 127. The smallest absolute Gasteiger partial charge is 0.213 e. The zero-order chi connectivity index (χ0) is 18.1. The summed E-state index contributed by atoms with van der Waals surface area (Å²) in [4.78, 5) is 14.2. The number of ether oxygens (including phenoxy) is 2. The maximum absolute atomic E-state index is 5.45. The van der Waals surface area contributed by atoms with Gasteiger partial charge in [0, 0.05) is 37.8 Å². The van der Waals surface area contributed by atoms with E-state index < -0.39 is 0 Å². The summed E-state index contributed by atoms with van der Waals surface area (Å²) in [6.07, 6.45) is 1.79. The Bertz CT molecular complexity index is 691. The SMILES string of the molecule is CN=C(NCc1ccc(OCCOC)nc1)NCc1sc(C)nc1C.I. The molecule has 2 aromatic heterocycles. The zero-order valence-corrected chi connectivity index (χ0v) is 18.7. The molecule has 2 heterocycles. The number of halogens is 1. The van der Waals surface area contributed by atoms with Crippen molar-refractivity contribution in [1.29, 1.82) is 0 Å². The molecule has 2 N–H and O–H groups in total. The highest BCUT2D eigenvalue weighted by Crippen LogP contribution is 2.16. The fourth-order valence-electron chi connectivity index (χ4n) is 2.14. The Balaban J connectivity index is 0.00000338. The first-order chi connectivity index (χ1) is 12.1. The molecule has 2 aromatic rings. The van der Waals surface area contributed by atoms with E-state index in [-0.39, 0.29) is 24.0 Å². The second kappa shape index (κ2) is 12.0. The van der Waals surface area contributed by atoms with Gasteiger partial charge in [-0.2, -0.15) is 0 Å². The molecule has 144 valence electrons. The predicted molar refractivity (Wildman–Crippen MR) is 116 cm³/mol. The van der Waals surface area contributed by atoms with Gasteiger partial charge in [0.2, 0.25) is 5.88 Å². The van der Waals surface area contributed by atoms with Crippen molar-refractivity contribution in [2.24, 2.45) is 4.99 Å². The molecule has 0 amide bonds. The molecule has 0 spiro atoms. The Morgan fingerprint density at radius 1 is 1.19 bits per heavy atom. The van der Waals surface area contributed by atoms with Gasteiger partial charge < -0.3 is 20.1 Å². The Morgan fingerprint density at radius 2 is 1.96 bits per heavy atom. The molecular weight excluding hydrogens is 465 g/mol. The maximum atomic E-state index is 5.45. The van der Waals surface area contributed by atoms with E-state index in [4.69, 9.17) is 9.47 Å². The van der Waals surface area contributed by atoms with E-state index in [2.05, 4.69) is 25.6 Å². The molecule has 0 aliphatic heterocycles. The minimum Gasteiger partial charge on any atom is -0.475 e. The van der Waals surface area contributed by atoms with Crippen LogP contribution in [0.2, 0.25) is 0 Å². The van der Waals surface area contributed by atoms with Crippen LogP contribution in [0.5, 0.6) is 5.88 Å². The lowest BCUT2D eigenvalue weighted by Crippen LogP contribution is -2.36. The van der Waals surface area contributed by atoms with Crippen LogP contribution in [-0.2, 0) is 17.8 Å². The summed E-state index contributed by atoms with van der Waals surface area (Å²) in [5.41, 5.74) is 2.12. The van der Waals surface area contributed by atoms with Crippen molar-refractivity contribution in [3.63, 3.8) is 0 Å². The average Bonchev–Trinajstić information content (AvgIpc) is 2.94. The molecular formula is C17H26IN5O2S. The molecule has 7 nitrogen and oxygen atoms in total. The summed E-state index contributed by atoms with van der Waals surface area (Å²) in [6, 6.07) is 3.83. The molecule has 9 heteroatoms. The van der Waals surface area contributed by atoms with E-state index in [1.54, 1.807) is 31.7 Å². The van der Waals surface area contributed by atoms with Crippen molar-refractivity contribution in [2.75, 3.05) is 27.4 Å². The number of aryl methyl sites for hydroxylation is 2. The molecule has 0 aliphatic carbocycles. The monoisotopic (exact) mass is 491 g/mol. The number of rotatable bonds is 8. The van der Waals surface area contributed by atoms with E-state index in [9.17, 15) is 0 Å². The number of pyridine rings is 1. The summed E-state index contributed by atoms with van der Waals surface area (Å²) in [7, 11) is 3.40. The van der Waals surface area contributed by atoms with Crippen molar-refractivity contribution in [3.8, 4) is 5.88 Å². The van der Waals surface area contributed by atoms with E-state index >= 15 is 0 Å². The molecule has 0 aliphatic rings. The molecule has 2 rings (SSSR count). The fourth-order valence-corrected chi connectivity index (χ4v) is 3.02. The Labute approximate surface area is 175 Å². The fraction of sp³-hybridized carbons (Fsp3) is 0.471. The van der Waals surface area contributed by atoms with E-state index in [0.717, 1.165) is 22.2 Å². The quantitative estimate of drug-likeness (QED) is 0.256. The van der Waals surface area contributed by atoms with Gasteiger partial charge in [-0.05, 0) is 19.4 Å². The maximum Gasteiger partial charge on any atom is 0.213 e. The normalized spacial score (nSPS) is 11.0. The van der Waals surface area contributed by atoms with Crippen LogP contribution in [0.25, 0.3) is 0 Å². The number of thiazole rings is 1. The second-order valence-electron chi connectivity index (χ2n) is 5.37. The number of aliphatic imine (C=N–C) groups is 1. The molecule has 0 saturated heterocycles. The van der Waals surface area contributed by atoms with E-state index in [1.807, 2.05) is 26.0 Å². The van der Waals surface area contributed by atoms with E-state index in [0.29, 0.717) is 32.2 Å². The lowest BCUT2D eigenvalue weighted by molar-refractivity contribution is 0.143. The Morgan fingerprint density at radius 3 is 2.54 bits per heavy atom. The van der Waals surface area contributed by atoms with Crippen molar-refractivity contribution >= 4 is 41.3 Å². The van der Waals surface area contributed by atoms with Crippen molar-refractivity contribution in [1.82, 2.24) is 20.6 Å². The Kier molecular flexibility index (Phi) is 10.4. The number of nitrogens with zero attached hydrogens (tertiary/aromatic N) is 3. The second-order valence-corrected chi connectivity index (χ2v) is 6.65. The number of aromatic nitrogens is 2. The molecule has 0 atom stereocenters. The largest absolute Gasteiger partial charge is 0.475 e. The van der Waals surface area contributed by atoms with Gasteiger partial charge >= 0.3 is 0 Å². The Hall–Kier alpha value is -1.46. The third-order valence-corrected chi connectivity index (χ3v) is 4.51. The van der Waals surface area contributed by atoms with Crippen LogP contribution in [0.3, 0.4) is 0 Å². The minimum absolute atomic E-state index is 0. The first-order valence-corrected chi connectivity index (χ1v) is 8.88. The first kappa shape index (κ1) is 22.6. The van der Waals surface area contributed by atoms with Crippen molar-refractivity contribution < 1.29 is 9.47 Å². The summed E-state index contributed by atoms with van der Waals surface area (Å²) >= 11 is 1.70. The lowest BCUT2D eigenvalue weighted by Gasteiger charge is -2.11. The van der Waals surface area contributed by atoms with Gasteiger partial charge in [-0.1, -0.05) is 6.07 Å². The van der Waals surface area contributed by atoms with Crippen LogP contribution in [0, 0.1) is 13.8 Å². The highest BCUT2D eigenvalue weighted by molar-refractivity contribution is 14.0. The van der Waals surface area contributed by atoms with Crippen LogP contribution in [-0.4, -0.2) is 43.3 Å². The molecule has 0 aromatic carbocycles. The summed E-state index contributed by atoms with van der Waals surface area (Å²) in [6.45, 7) is 6.43. The highest BCUT2D eigenvalue weighted by Gasteiger charge is 2.06. The standard InChI is InChI=1S/C17H25N5O2S.HI/c1-12-15(25-13(2)22-12)11-21-17(18-3)20-10-14-5-6-16(19-9-14)24-8-7-23-4;/h5-6,9H,7-8,10-11H2,1-4H3,(H2,18,20,21);1H. The van der Waals surface area contributed by atoms with Gasteiger partial charge in [-0.25, -0.2) is 9.97 Å². The number of nitrogens with one attached hydrogen (secondary N) is 2. The van der Waals surface area contributed by atoms with Crippen LogP contribution < -0.4 is 15.4 Å². The van der Waals surface area contributed by atoms with Crippen LogP contribution in [0.1, 0.15) is 21.1 Å². The number of methoxy groups -OCH3 is 1. The van der Waals surface area contributed by atoms with Crippen LogP contribution >= 0.6 is 35.3 Å². The van der Waals surface area contributed by atoms with Gasteiger partial charge in [-0.3, -0.25) is 4.99 Å². The summed E-state index contributed by atoms with van der Waals surface area (Å²) < 4.78 is 10.4. The van der Waals surface area contributed by atoms with Crippen LogP contribution in [0.15, 0.2) is 23.3 Å². The van der Waals surface area contributed by atoms with Crippen molar-refractivity contribution in [2.45, 2.75) is 26.9 Å². The molecule has 0 bridgehead atoms. The third-order valence-electron chi connectivity index (χ3n) is 3.43. The van der Waals surface area contributed by atoms with Gasteiger partial charge in [0.05, 0.1) is 23.9 Å². The molecule has 0 fully saturated rings. The average molecular weight is 491 g/mol. The predicted octanol–water partition coefficient (Wildman–Crippen LogP) is 2.66. The topological polar surface area (TPSA) is 80.7 Å². The molecule has 0 radical (unpaired) electrons. The summed E-state index contributed by atoms with van der Waals surface area (Å²) in [5.74, 6) is 1.34. The molecule has 0 saturated carbocycles. The van der Waals surface area contributed by atoms with Gasteiger partial charge in [0.1, 0.15) is 6.61 Å². The number of hydrogen-bond donors (Lipinski definition) is 2. The number of hydrogen-bond acceptors (Lipinski definition) is 6. The molecule has 26 heavy (non-hydrogen) atoms. The van der Waals surface area contributed by atoms with E-state index in [1.165, 1.54) is 4.88 Å². The third kappa shape index (κ3) is 7.42. The van der Waals surface area contributed by atoms with Crippen molar-refractivity contribution in [3.05, 3.63) is 39.5 Å². The zero-order valence-electron chi connectivity index (χ0n) is 15.5. The number of guanidine groups is 1. The van der Waals surface area contributed by atoms with Gasteiger partial charge in [0.25, 0.3) is 0 Å². The molecule has 0 unspecified atom stereocenters. The van der Waals surface area contributed by atoms with Crippen LogP contribution in [0.4, 0.5) is 0 Å². The van der Waals surface area contributed by atoms with Gasteiger partial charge in [0.15, 0.2) is 5.96 Å². The lowest BCUT2D eigenvalue weighted by atomic mass is 10.3. The minimum atomic E-state index is 0. The summed E-state index contributed by atoms with van der Waals surface area (Å²) in [5, 5.41) is 7.66. The van der Waals surface area contributed by atoms with Gasteiger partial charge in [-0.15, -0.1) is 35.3 Å². The first-order valence-electron chi connectivity index (χ1n) is 8.06.